The van der Waals surface area contributed by atoms with E-state index in [0.717, 1.165) is 0 Å². The highest BCUT2D eigenvalue weighted by Crippen LogP contribution is 2.18. The molecule has 0 aliphatic heterocycles. The van der Waals surface area contributed by atoms with Crippen molar-refractivity contribution in [2.24, 2.45) is 0 Å². The zero-order valence-electron chi connectivity index (χ0n) is 8.86. The standard InChI is InChI=1S/C12H10ClFN2O/c13-9-4-10(6-16-5-9)17-7-8-1-2-12(15)11(14)3-8/h1-6H,7,15H2. The highest BCUT2D eigenvalue weighted by Gasteiger charge is 2.01. The van der Waals surface area contributed by atoms with Crippen molar-refractivity contribution < 1.29 is 9.13 Å². The molecule has 1 heterocycles. The van der Waals surface area contributed by atoms with Crippen LogP contribution in [-0.2, 0) is 6.61 Å². The van der Waals surface area contributed by atoms with Gasteiger partial charge in [0.2, 0.25) is 0 Å². The van der Waals surface area contributed by atoms with Crippen molar-refractivity contribution >= 4 is 17.3 Å². The van der Waals surface area contributed by atoms with Crippen LogP contribution >= 0.6 is 11.6 Å². The summed E-state index contributed by atoms with van der Waals surface area (Å²) in [6.45, 7) is 0.235. The maximum absolute atomic E-state index is 13.2. The Balaban J connectivity index is 2.05. The highest BCUT2D eigenvalue weighted by atomic mass is 35.5. The number of ether oxygens (including phenoxy) is 1. The summed E-state index contributed by atoms with van der Waals surface area (Å²) in [5, 5.41) is 0.492. The van der Waals surface area contributed by atoms with Gasteiger partial charge in [0.1, 0.15) is 18.2 Å². The average Bonchev–Trinajstić information content (AvgIpc) is 2.31. The van der Waals surface area contributed by atoms with Gasteiger partial charge in [0, 0.05) is 12.3 Å². The van der Waals surface area contributed by atoms with Crippen molar-refractivity contribution in [2.45, 2.75) is 6.61 Å². The Morgan fingerprint density at radius 1 is 1.29 bits per heavy atom. The lowest BCUT2D eigenvalue weighted by Gasteiger charge is -2.06. The van der Waals surface area contributed by atoms with E-state index < -0.39 is 5.82 Å². The number of nitrogens with zero attached hydrogens (tertiary/aromatic N) is 1. The Bertz CT molecular complexity index is 534. The zero-order chi connectivity index (χ0) is 12.3. The first-order valence-corrected chi connectivity index (χ1v) is 5.30. The lowest BCUT2D eigenvalue weighted by molar-refractivity contribution is 0.304. The van der Waals surface area contributed by atoms with E-state index in [1.807, 2.05) is 0 Å². The molecule has 5 heteroatoms. The van der Waals surface area contributed by atoms with Gasteiger partial charge in [-0.3, -0.25) is 4.98 Å². The molecule has 1 aromatic carbocycles. The minimum Gasteiger partial charge on any atom is -0.487 e. The molecule has 88 valence electrons. The Hall–Kier alpha value is -1.81. The predicted octanol–water partition coefficient (Wildman–Crippen LogP) is 3.04. The van der Waals surface area contributed by atoms with E-state index in [4.69, 9.17) is 22.1 Å². The Labute approximate surface area is 103 Å². The van der Waals surface area contributed by atoms with Crippen LogP contribution in [0.2, 0.25) is 5.02 Å². The van der Waals surface area contributed by atoms with Gasteiger partial charge in [0.15, 0.2) is 0 Å². The lowest BCUT2D eigenvalue weighted by Crippen LogP contribution is -1.98. The summed E-state index contributed by atoms with van der Waals surface area (Å²) in [5.74, 6) is 0.0880. The van der Waals surface area contributed by atoms with Gasteiger partial charge in [0.05, 0.1) is 16.9 Å². The van der Waals surface area contributed by atoms with Crippen LogP contribution in [0.3, 0.4) is 0 Å². The number of pyridine rings is 1. The van der Waals surface area contributed by atoms with Gasteiger partial charge < -0.3 is 10.5 Å². The van der Waals surface area contributed by atoms with Gasteiger partial charge in [-0.15, -0.1) is 0 Å². The molecule has 0 saturated heterocycles. The van der Waals surface area contributed by atoms with Crippen LogP contribution in [0.5, 0.6) is 5.75 Å². The average molecular weight is 253 g/mol. The number of rotatable bonds is 3. The molecule has 0 saturated carbocycles. The van der Waals surface area contributed by atoms with E-state index in [1.54, 1.807) is 18.3 Å². The fraction of sp³-hybridized carbons (Fsp3) is 0.0833. The van der Waals surface area contributed by atoms with Crippen LogP contribution in [-0.4, -0.2) is 4.98 Å². The van der Waals surface area contributed by atoms with Gasteiger partial charge in [-0.05, 0) is 17.7 Å². The maximum Gasteiger partial charge on any atom is 0.146 e. The molecular formula is C12H10ClFN2O. The van der Waals surface area contributed by atoms with E-state index in [-0.39, 0.29) is 12.3 Å². The third-order valence-electron chi connectivity index (χ3n) is 2.15. The van der Waals surface area contributed by atoms with Crippen LogP contribution in [0.25, 0.3) is 0 Å². The number of nitrogen functional groups attached to an aromatic ring is 1. The van der Waals surface area contributed by atoms with Gasteiger partial charge in [0.25, 0.3) is 0 Å². The van der Waals surface area contributed by atoms with Gasteiger partial charge >= 0.3 is 0 Å². The van der Waals surface area contributed by atoms with Crippen LogP contribution in [0.1, 0.15) is 5.56 Å². The number of aromatic nitrogens is 1. The van der Waals surface area contributed by atoms with E-state index in [1.165, 1.54) is 18.3 Å². The topological polar surface area (TPSA) is 48.1 Å². The molecule has 0 amide bonds. The lowest BCUT2D eigenvalue weighted by atomic mass is 10.2. The minimum atomic E-state index is -0.449. The molecule has 0 unspecified atom stereocenters. The van der Waals surface area contributed by atoms with Crippen LogP contribution < -0.4 is 10.5 Å². The number of benzene rings is 1. The first kappa shape index (κ1) is 11.7. The second kappa shape index (κ2) is 5.01. The molecule has 17 heavy (non-hydrogen) atoms. The smallest absolute Gasteiger partial charge is 0.146 e. The summed E-state index contributed by atoms with van der Waals surface area (Å²) in [7, 11) is 0. The third-order valence-corrected chi connectivity index (χ3v) is 2.36. The summed E-state index contributed by atoms with van der Waals surface area (Å²) in [5.41, 5.74) is 6.19. The van der Waals surface area contributed by atoms with Crippen molar-refractivity contribution in [1.29, 1.82) is 0 Å². The van der Waals surface area contributed by atoms with E-state index in [0.29, 0.717) is 16.3 Å². The van der Waals surface area contributed by atoms with Crippen LogP contribution in [0.4, 0.5) is 10.1 Å². The largest absolute Gasteiger partial charge is 0.487 e. The van der Waals surface area contributed by atoms with E-state index in [9.17, 15) is 4.39 Å². The summed E-state index contributed by atoms with van der Waals surface area (Å²) >= 11 is 5.75. The summed E-state index contributed by atoms with van der Waals surface area (Å²) in [6, 6.07) is 6.19. The third kappa shape index (κ3) is 3.07. The molecule has 0 spiro atoms. The maximum atomic E-state index is 13.2. The monoisotopic (exact) mass is 252 g/mol. The fourth-order valence-corrected chi connectivity index (χ4v) is 1.46. The summed E-state index contributed by atoms with van der Waals surface area (Å²) < 4.78 is 18.6. The van der Waals surface area contributed by atoms with Crippen molar-refractivity contribution in [1.82, 2.24) is 4.98 Å². The molecule has 3 nitrogen and oxygen atoms in total. The number of hydrogen-bond donors (Lipinski definition) is 1. The van der Waals surface area contributed by atoms with Crippen molar-refractivity contribution in [3.05, 3.63) is 53.1 Å². The highest BCUT2D eigenvalue weighted by molar-refractivity contribution is 6.30. The zero-order valence-corrected chi connectivity index (χ0v) is 9.62. The summed E-state index contributed by atoms with van der Waals surface area (Å²) in [6.07, 6.45) is 3.05. The quantitative estimate of drug-likeness (QED) is 0.854. The first-order chi connectivity index (χ1) is 8.15. The Morgan fingerprint density at radius 2 is 2.12 bits per heavy atom. The van der Waals surface area contributed by atoms with E-state index >= 15 is 0 Å². The Morgan fingerprint density at radius 3 is 2.82 bits per heavy atom. The first-order valence-electron chi connectivity index (χ1n) is 4.92. The van der Waals surface area contributed by atoms with Crippen LogP contribution in [0.15, 0.2) is 36.7 Å². The molecule has 0 fully saturated rings. The van der Waals surface area contributed by atoms with Gasteiger partial charge in [-0.1, -0.05) is 17.7 Å². The SMILES string of the molecule is Nc1ccc(COc2cncc(Cl)c2)cc1F. The molecule has 0 aliphatic carbocycles. The fourth-order valence-electron chi connectivity index (χ4n) is 1.30. The molecule has 0 bridgehead atoms. The van der Waals surface area contributed by atoms with Crippen molar-refractivity contribution in [2.75, 3.05) is 5.73 Å². The number of anilines is 1. The van der Waals surface area contributed by atoms with Crippen molar-refractivity contribution in [3.8, 4) is 5.75 Å². The molecule has 1 aromatic heterocycles. The van der Waals surface area contributed by atoms with E-state index in [2.05, 4.69) is 4.98 Å². The number of halogens is 2. The normalized spacial score (nSPS) is 10.2. The van der Waals surface area contributed by atoms with Crippen LogP contribution in [0, 0.1) is 5.82 Å². The second-order valence-corrected chi connectivity index (χ2v) is 3.92. The molecule has 0 radical (unpaired) electrons. The summed E-state index contributed by atoms with van der Waals surface area (Å²) in [4.78, 5) is 3.88. The molecule has 2 rings (SSSR count). The molecule has 2 N–H and O–H groups in total. The predicted molar refractivity (Wildman–Crippen MR) is 64.4 cm³/mol. The molecular weight excluding hydrogens is 243 g/mol. The van der Waals surface area contributed by atoms with Crippen molar-refractivity contribution in [3.63, 3.8) is 0 Å². The number of hydrogen-bond acceptors (Lipinski definition) is 3. The van der Waals surface area contributed by atoms with Gasteiger partial charge in [-0.2, -0.15) is 0 Å². The number of nitrogens with two attached hydrogens (primary N) is 1. The van der Waals surface area contributed by atoms with Gasteiger partial charge in [-0.25, -0.2) is 4.39 Å². The Kier molecular flexibility index (Phi) is 3.44. The molecule has 2 aromatic rings. The second-order valence-electron chi connectivity index (χ2n) is 3.48. The molecule has 0 aliphatic rings. The minimum absolute atomic E-state index is 0.123. The molecule has 0 atom stereocenters.